The number of ether oxygens (including phenoxy) is 1. The van der Waals surface area contributed by atoms with Gasteiger partial charge in [-0.1, -0.05) is 78.5 Å². The summed E-state index contributed by atoms with van der Waals surface area (Å²) in [4.78, 5) is 27.3. The molecule has 1 atom stereocenters. The van der Waals surface area contributed by atoms with Gasteiger partial charge in [0.05, 0.1) is 12.9 Å². The summed E-state index contributed by atoms with van der Waals surface area (Å²) in [5, 5.41) is 9.42. The van der Waals surface area contributed by atoms with Crippen LogP contribution in [0.1, 0.15) is 5.56 Å². The van der Waals surface area contributed by atoms with Crippen molar-refractivity contribution in [3.63, 3.8) is 0 Å². The molecular formula is C26H22N4O3S. The lowest BCUT2D eigenvalue weighted by atomic mass is 10.1. The number of anilines is 1. The maximum absolute atomic E-state index is 13.4. The van der Waals surface area contributed by atoms with Crippen LogP contribution in [0.15, 0.2) is 90.1 Å². The molecule has 2 heterocycles. The molecule has 0 N–H and O–H groups in total. The van der Waals surface area contributed by atoms with Crippen LogP contribution in [0.25, 0.3) is 17.1 Å². The Balaban J connectivity index is 1.45. The van der Waals surface area contributed by atoms with Gasteiger partial charge >= 0.3 is 5.97 Å². The smallest absolute Gasteiger partial charge is 0.329 e. The average Bonchev–Trinajstić information content (AvgIpc) is 3.50. The van der Waals surface area contributed by atoms with Crippen LogP contribution in [0.4, 0.5) is 5.69 Å². The number of amides is 1. The molecule has 3 aromatic carbocycles. The number of methoxy groups -OCH3 is 1. The molecule has 5 rings (SSSR count). The van der Waals surface area contributed by atoms with Gasteiger partial charge in [-0.25, -0.2) is 4.79 Å². The number of carbonyl (C=O) groups excluding carboxylic acids is 2. The molecule has 4 aromatic rings. The number of aromatic nitrogens is 3. The Labute approximate surface area is 201 Å². The summed E-state index contributed by atoms with van der Waals surface area (Å²) in [7, 11) is 1.34. The highest BCUT2D eigenvalue weighted by Crippen LogP contribution is 2.34. The summed E-state index contributed by atoms with van der Waals surface area (Å²) in [5.41, 5.74) is 3.53. The third-order valence-electron chi connectivity index (χ3n) is 5.72. The number of rotatable bonds is 6. The lowest BCUT2D eigenvalue weighted by Crippen LogP contribution is -2.44. The van der Waals surface area contributed by atoms with Crippen molar-refractivity contribution in [3.8, 4) is 17.1 Å². The normalized spacial score (nSPS) is 14.6. The first-order valence-electron chi connectivity index (χ1n) is 10.8. The maximum Gasteiger partial charge on any atom is 0.329 e. The summed E-state index contributed by atoms with van der Waals surface area (Å²) < 4.78 is 6.92. The fourth-order valence-electron chi connectivity index (χ4n) is 4.16. The van der Waals surface area contributed by atoms with Crippen LogP contribution in [0.3, 0.4) is 0 Å². The lowest BCUT2D eigenvalue weighted by molar-refractivity contribution is -0.143. The molecule has 170 valence electrons. The third-order valence-corrected chi connectivity index (χ3v) is 6.64. The summed E-state index contributed by atoms with van der Waals surface area (Å²) in [6.07, 6.45) is 0.442. The Morgan fingerprint density at radius 2 is 1.62 bits per heavy atom. The summed E-state index contributed by atoms with van der Waals surface area (Å²) in [6.45, 7) is 0. The van der Waals surface area contributed by atoms with E-state index in [1.54, 1.807) is 4.90 Å². The first-order chi connectivity index (χ1) is 16.7. The number of para-hydroxylation sites is 2. The van der Waals surface area contributed by atoms with Crippen molar-refractivity contribution in [2.45, 2.75) is 17.6 Å². The molecule has 0 saturated heterocycles. The lowest BCUT2D eigenvalue weighted by Gasteiger charge is -2.23. The zero-order chi connectivity index (χ0) is 23.5. The number of carbonyl (C=O) groups is 2. The standard InChI is InChI=1S/C26H22N4O3S/c1-33-25(32)22-16-19-12-8-9-15-21(19)30(22)23(31)17-34-26-28-27-24(18-10-4-2-5-11-18)29(26)20-13-6-3-7-14-20/h2-15,22H,16-17H2,1H3. The monoisotopic (exact) mass is 470 g/mol. The fraction of sp³-hybridized carbons (Fsp3) is 0.154. The summed E-state index contributed by atoms with van der Waals surface area (Å²) in [5.74, 6) is 0.185. The molecule has 0 fully saturated rings. The van der Waals surface area contributed by atoms with Crippen molar-refractivity contribution < 1.29 is 14.3 Å². The van der Waals surface area contributed by atoms with Crippen molar-refractivity contribution in [2.24, 2.45) is 0 Å². The van der Waals surface area contributed by atoms with Gasteiger partial charge in [0.1, 0.15) is 6.04 Å². The molecule has 1 unspecified atom stereocenters. The minimum atomic E-state index is -0.664. The quantitative estimate of drug-likeness (QED) is 0.311. The Morgan fingerprint density at radius 3 is 2.35 bits per heavy atom. The van der Waals surface area contributed by atoms with E-state index in [0.29, 0.717) is 17.4 Å². The van der Waals surface area contributed by atoms with Crippen LogP contribution in [0, 0.1) is 0 Å². The number of thioether (sulfide) groups is 1. The fourth-order valence-corrected chi connectivity index (χ4v) is 4.97. The second-order valence-electron chi connectivity index (χ2n) is 7.77. The van der Waals surface area contributed by atoms with Gasteiger partial charge in [0.2, 0.25) is 5.91 Å². The minimum Gasteiger partial charge on any atom is -0.467 e. The Morgan fingerprint density at radius 1 is 0.941 bits per heavy atom. The Kier molecular flexibility index (Phi) is 6.14. The van der Waals surface area contributed by atoms with Crippen LogP contribution in [-0.2, 0) is 20.7 Å². The number of fused-ring (bicyclic) bond motifs is 1. The van der Waals surface area contributed by atoms with E-state index in [2.05, 4.69) is 10.2 Å². The first kappa shape index (κ1) is 21.9. The molecule has 1 aliphatic heterocycles. The van der Waals surface area contributed by atoms with Gasteiger partial charge in [0.15, 0.2) is 11.0 Å². The predicted molar refractivity (Wildman–Crippen MR) is 131 cm³/mol. The summed E-state index contributed by atoms with van der Waals surface area (Å²) >= 11 is 1.29. The summed E-state index contributed by atoms with van der Waals surface area (Å²) in [6, 6.07) is 26.5. The van der Waals surface area contributed by atoms with Gasteiger partial charge in [0, 0.05) is 23.4 Å². The zero-order valence-electron chi connectivity index (χ0n) is 18.5. The van der Waals surface area contributed by atoms with Crippen molar-refractivity contribution >= 4 is 29.3 Å². The highest BCUT2D eigenvalue weighted by atomic mass is 32.2. The van der Waals surface area contributed by atoms with E-state index >= 15 is 0 Å². The molecule has 1 aromatic heterocycles. The van der Waals surface area contributed by atoms with Gasteiger partial charge in [-0.3, -0.25) is 14.3 Å². The van der Waals surface area contributed by atoms with Crippen LogP contribution in [-0.4, -0.2) is 45.5 Å². The van der Waals surface area contributed by atoms with E-state index in [1.165, 1.54) is 18.9 Å². The van der Waals surface area contributed by atoms with E-state index in [9.17, 15) is 9.59 Å². The van der Waals surface area contributed by atoms with Crippen molar-refractivity contribution in [1.82, 2.24) is 14.8 Å². The Bertz CT molecular complexity index is 1320. The topological polar surface area (TPSA) is 77.3 Å². The maximum atomic E-state index is 13.4. The zero-order valence-corrected chi connectivity index (χ0v) is 19.3. The third kappa shape index (κ3) is 4.08. The molecule has 0 saturated carbocycles. The largest absolute Gasteiger partial charge is 0.467 e. The number of benzene rings is 3. The van der Waals surface area contributed by atoms with Gasteiger partial charge < -0.3 is 4.74 Å². The number of hydrogen-bond acceptors (Lipinski definition) is 6. The predicted octanol–water partition coefficient (Wildman–Crippen LogP) is 4.16. The number of nitrogens with zero attached hydrogens (tertiary/aromatic N) is 4. The second kappa shape index (κ2) is 9.52. The van der Waals surface area contributed by atoms with Crippen molar-refractivity contribution in [3.05, 3.63) is 90.5 Å². The molecule has 8 heteroatoms. The van der Waals surface area contributed by atoms with E-state index in [0.717, 1.165) is 22.5 Å². The van der Waals surface area contributed by atoms with Crippen LogP contribution in [0.2, 0.25) is 0 Å². The van der Waals surface area contributed by atoms with E-state index < -0.39 is 12.0 Å². The molecule has 0 radical (unpaired) electrons. The molecule has 0 bridgehead atoms. The van der Waals surface area contributed by atoms with Crippen molar-refractivity contribution in [1.29, 1.82) is 0 Å². The van der Waals surface area contributed by atoms with Crippen molar-refractivity contribution in [2.75, 3.05) is 17.8 Å². The van der Waals surface area contributed by atoms with Gasteiger partial charge in [-0.2, -0.15) is 0 Å². The number of hydrogen-bond donors (Lipinski definition) is 0. The second-order valence-corrected chi connectivity index (χ2v) is 8.71. The molecule has 7 nitrogen and oxygen atoms in total. The Hall–Kier alpha value is -3.91. The van der Waals surface area contributed by atoms with Gasteiger partial charge in [-0.05, 0) is 23.8 Å². The highest BCUT2D eigenvalue weighted by Gasteiger charge is 2.38. The van der Waals surface area contributed by atoms with E-state index in [4.69, 9.17) is 4.74 Å². The van der Waals surface area contributed by atoms with Gasteiger partial charge in [0.25, 0.3) is 0 Å². The highest BCUT2D eigenvalue weighted by molar-refractivity contribution is 7.99. The first-order valence-corrected chi connectivity index (χ1v) is 11.8. The molecule has 34 heavy (non-hydrogen) atoms. The molecular weight excluding hydrogens is 448 g/mol. The molecule has 1 amide bonds. The molecule has 0 spiro atoms. The van der Waals surface area contributed by atoms with Crippen LogP contribution < -0.4 is 4.90 Å². The molecule has 1 aliphatic rings. The number of esters is 1. The van der Waals surface area contributed by atoms with E-state index in [1.807, 2.05) is 89.5 Å². The van der Waals surface area contributed by atoms with Gasteiger partial charge in [-0.15, -0.1) is 10.2 Å². The molecule has 0 aliphatic carbocycles. The van der Waals surface area contributed by atoms with Crippen LogP contribution in [0.5, 0.6) is 0 Å². The average molecular weight is 471 g/mol. The SMILES string of the molecule is COC(=O)C1Cc2ccccc2N1C(=O)CSc1nnc(-c2ccccc2)n1-c1ccccc1. The minimum absolute atomic E-state index is 0.0988. The van der Waals surface area contributed by atoms with Crippen LogP contribution >= 0.6 is 11.8 Å². The van der Waals surface area contributed by atoms with E-state index in [-0.39, 0.29) is 11.7 Å².